The topological polar surface area (TPSA) is 53.0 Å². The molecular weight excluding hydrogens is 329 g/mol. The number of hydrogen-bond donors (Lipinski definition) is 0. The highest BCUT2D eigenvalue weighted by Crippen LogP contribution is 2.68. The summed E-state index contributed by atoms with van der Waals surface area (Å²) in [6, 6.07) is 6.85. The Kier molecular flexibility index (Phi) is 4.94. The van der Waals surface area contributed by atoms with Gasteiger partial charge in [-0.2, -0.15) is 8.42 Å². The summed E-state index contributed by atoms with van der Waals surface area (Å²) in [5.41, 5.74) is 1.02. The van der Waals surface area contributed by atoms with Crippen LogP contribution < -0.4 is 0 Å². The zero-order chi connectivity index (χ0) is 17.5. The molecule has 128 valence electrons. The van der Waals surface area contributed by atoms with E-state index in [1.54, 1.807) is 24.3 Å². The summed E-state index contributed by atoms with van der Waals surface area (Å²) in [6.07, 6.45) is 1.83. The first kappa shape index (κ1) is 18.4. The first-order chi connectivity index (χ1) is 10.6. The number of allylic oxidation sites excluding steroid dienone is 1. The van der Waals surface area contributed by atoms with Crippen molar-refractivity contribution in [2.45, 2.75) is 30.8 Å². The fourth-order valence-corrected chi connectivity index (χ4v) is 10.1. The SMILES string of the molecule is C=CC(C)(C)P1(=NS(=O)(=O)c2ccc(C)cc2)N(C)CCN1C. The molecule has 1 aliphatic rings. The van der Waals surface area contributed by atoms with Gasteiger partial charge in [-0.1, -0.05) is 23.8 Å². The Labute approximate surface area is 140 Å². The molecule has 5 nitrogen and oxygen atoms in total. The lowest BCUT2D eigenvalue weighted by Crippen LogP contribution is -2.30. The average molecular weight is 355 g/mol. The van der Waals surface area contributed by atoms with Crippen LogP contribution in [-0.4, -0.2) is 50.1 Å². The van der Waals surface area contributed by atoms with Crippen molar-refractivity contribution in [1.82, 2.24) is 9.34 Å². The van der Waals surface area contributed by atoms with Gasteiger partial charge in [0.05, 0.1) is 4.90 Å². The Balaban J connectivity index is 2.72. The fraction of sp³-hybridized carbons (Fsp3) is 0.500. The highest BCUT2D eigenvalue weighted by atomic mass is 32.2. The number of likely N-dealkylation sites (N-methyl/N-ethyl adjacent to an activating group) is 2. The minimum atomic E-state index is -3.73. The van der Waals surface area contributed by atoms with Gasteiger partial charge in [0.25, 0.3) is 10.0 Å². The molecule has 7 heteroatoms. The first-order valence-electron chi connectivity index (χ1n) is 7.59. The zero-order valence-electron chi connectivity index (χ0n) is 14.5. The maximum atomic E-state index is 12.9. The van der Waals surface area contributed by atoms with E-state index >= 15 is 0 Å². The minimum Gasteiger partial charge on any atom is -0.258 e. The molecule has 0 aliphatic carbocycles. The van der Waals surface area contributed by atoms with Crippen molar-refractivity contribution in [2.75, 3.05) is 27.2 Å². The van der Waals surface area contributed by atoms with Gasteiger partial charge in [-0.3, -0.25) is 9.34 Å². The lowest BCUT2D eigenvalue weighted by atomic mass is 10.2. The lowest BCUT2D eigenvalue weighted by molar-refractivity contribution is 0.553. The Morgan fingerprint density at radius 2 is 1.65 bits per heavy atom. The number of sulfonamides is 1. The van der Waals surface area contributed by atoms with Gasteiger partial charge >= 0.3 is 0 Å². The third kappa shape index (κ3) is 3.05. The fourth-order valence-electron chi connectivity index (χ4n) is 2.97. The van der Waals surface area contributed by atoms with Crippen LogP contribution in [0.5, 0.6) is 0 Å². The molecule has 0 N–H and O–H groups in total. The van der Waals surface area contributed by atoms with Crippen LogP contribution in [0.2, 0.25) is 0 Å². The second kappa shape index (κ2) is 6.17. The summed E-state index contributed by atoms with van der Waals surface area (Å²) in [4.78, 5) is 0.246. The molecular formula is C16H26N3O2PS. The van der Waals surface area contributed by atoms with E-state index in [2.05, 4.69) is 20.1 Å². The lowest BCUT2D eigenvalue weighted by Gasteiger charge is -2.42. The smallest absolute Gasteiger partial charge is 0.258 e. The van der Waals surface area contributed by atoms with Gasteiger partial charge in [0, 0.05) is 18.2 Å². The summed E-state index contributed by atoms with van der Waals surface area (Å²) in [5, 5.41) is -0.426. The van der Waals surface area contributed by atoms with Crippen LogP contribution in [0.15, 0.2) is 46.0 Å². The van der Waals surface area contributed by atoms with E-state index in [1.165, 1.54) is 0 Å². The van der Waals surface area contributed by atoms with Crippen LogP contribution in [-0.2, 0) is 10.0 Å². The largest absolute Gasteiger partial charge is 0.283 e. The Morgan fingerprint density at radius 1 is 1.17 bits per heavy atom. The summed E-state index contributed by atoms with van der Waals surface area (Å²) in [5.74, 6) is 0. The monoisotopic (exact) mass is 355 g/mol. The predicted octanol–water partition coefficient (Wildman–Crippen LogP) is 3.56. The van der Waals surface area contributed by atoms with E-state index in [1.807, 2.05) is 40.9 Å². The van der Waals surface area contributed by atoms with Gasteiger partial charge in [0.15, 0.2) is 0 Å². The van der Waals surface area contributed by atoms with E-state index in [-0.39, 0.29) is 4.90 Å². The van der Waals surface area contributed by atoms with Crippen LogP contribution in [0.1, 0.15) is 19.4 Å². The standard InChI is InChI=1S/C16H26N3O2PS/c1-7-16(3,4)22(18(5)12-13-19(22)6)17-23(20,21)15-10-8-14(2)9-11-15/h7-11H,1,12-13H2,2-6H3. The third-order valence-electron chi connectivity index (χ3n) is 4.51. The van der Waals surface area contributed by atoms with Gasteiger partial charge < -0.3 is 0 Å². The molecule has 0 saturated carbocycles. The van der Waals surface area contributed by atoms with Gasteiger partial charge in [0.2, 0.25) is 0 Å². The molecule has 0 spiro atoms. The summed E-state index contributed by atoms with van der Waals surface area (Å²) >= 11 is 0. The molecule has 1 fully saturated rings. The van der Waals surface area contributed by atoms with Gasteiger partial charge in [-0.25, -0.2) is 0 Å². The van der Waals surface area contributed by atoms with E-state index in [9.17, 15) is 8.42 Å². The first-order valence-corrected chi connectivity index (χ1v) is 10.7. The zero-order valence-corrected chi connectivity index (χ0v) is 16.2. The molecule has 0 radical (unpaired) electrons. The van der Waals surface area contributed by atoms with Crippen molar-refractivity contribution in [3.8, 4) is 0 Å². The van der Waals surface area contributed by atoms with Crippen LogP contribution in [0, 0.1) is 6.92 Å². The molecule has 0 unspecified atom stereocenters. The number of nitrogens with zero attached hydrogens (tertiary/aromatic N) is 3. The molecule has 1 aromatic carbocycles. The van der Waals surface area contributed by atoms with Crippen LogP contribution in [0.4, 0.5) is 0 Å². The molecule has 1 saturated heterocycles. The summed E-state index contributed by atoms with van der Waals surface area (Å²) in [6.45, 7) is 11.5. The van der Waals surface area contributed by atoms with E-state index < -0.39 is 22.5 Å². The number of aryl methyl sites for hydroxylation is 1. The molecule has 23 heavy (non-hydrogen) atoms. The maximum absolute atomic E-state index is 12.9. The molecule has 0 atom stereocenters. The van der Waals surface area contributed by atoms with E-state index in [0.717, 1.165) is 18.7 Å². The molecule has 0 aromatic heterocycles. The Hall–Kier alpha value is -0.940. The molecule has 0 amide bonds. The van der Waals surface area contributed by atoms with Crippen molar-refractivity contribution in [3.05, 3.63) is 42.5 Å². The molecule has 1 aliphatic heterocycles. The van der Waals surface area contributed by atoms with Crippen molar-refractivity contribution < 1.29 is 8.42 Å². The number of hydrogen-bond acceptors (Lipinski definition) is 2. The van der Waals surface area contributed by atoms with E-state index in [0.29, 0.717) is 0 Å². The van der Waals surface area contributed by atoms with Crippen LogP contribution in [0.25, 0.3) is 0 Å². The number of rotatable bonds is 4. The van der Waals surface area contributed by atoms with Crippen molar-refractivity contribution in [3.63, 3.8) is 0 Å². The van der Waals surface area contributed by atoms with Gasteiger partial charge in [-0.15, -0.1) is 10.7 Å². The molecule has 0 bridgehead atoms. The normalized spacial score (nSPS) is 19.7. The second-order valence-electron chi connectivity index (χ2n) is 6.56. The number of benzene rings is 1. The van der Waals surface area contributed by atoms with Crippen molar-refractivity contribution in [1.29, 1.82) is 0 Å². The summed E-state index contributed by atoms with van der Waals surface area (Å²) in [7, 11) is -2.27. The van der Waals surface area contributed by atoms with Gasteiger partial charge in [0.1, 0.15) is 7.36 Å². The highest BCUT2D eigenvalue weighted by molar-refractivity contribution is 7.94. The Morgan fingerprint density at radius 3 is 2.09 bits per heavy atom. The van der Waals surface area contributed by atoms with Crippen molar-refractivity contribution >= 4 is 17.4 Å². The quantitative estimate of drug-likeness (QED) is 0.612. The van der Waals surface area contributed by atoms with Gasteiger partial charge in [-0.05, 0) is 47.0 Å². The highest BCUT2D eigenvalue weighted by Gasteiger charge is 2.47. The van der Waals surface area contributed by atoms with Crippen LogP contribution >= 0.6 is 7.36 Å². The molecule has 2 rings (SSSR count). The second-order valence-corrected chi connectivity index (χ2v) is 12.3. The molecule has 1 heterocycles. The van der Waals surface area contributed by atoms with Crippen molar-refractivity contribution in [2.24, 2.45) is 4.15 Å². The summed E-state index contributed by atoms with van der Waals surface area (Å²) < 4.78 is 34.6. The minimum absolute atomic E-state index is 0.246. The maximum Gasteiger partial charge on any atom is 0.283 e. The predicted molar refractivity (Wildman–Crippen MR) is 97.2 cm³/mol. The Bertz CT molecular complexity index is 740. The average Bonchev–Trinajstić information content (AvgIpc) is 2.77. The van der Waals surface area contributed by atoms with E-state index in [4.69, 9.17) is 0 Å². The van der Waals surface area contributed by atoms with Crippen LogP contribution in [0.3, 0.4) is 0 Å². The molecule has 1 aromatic rings. The third-order valence-corrected chi connectivity index (χ3v) is 11.2.